The van der Waals surface area contributed by atoms with Crippen molar-refractivity contribution in [3.05, 3.63) is 16.1 Å². The highest BCUT2D eigenvalue weighted by molar-refractivity contribution is 7.09. The van der Waals surface area contributed by atoms with Gasteiger partial charge < -0.3 is 15.7 Å². The van der Waals surface area contributed by atoms with Gasteiger partial charge in [-0.2, -0.15) is 0 Å². The largest absolute Gasteiger partial charge is 0.396 e. The maximum atomic E-state index is 12.0. The first-order chi connectivity index (χ1) is 9.60. The molecule has 1 aromatic rings. The fraction of sp³-hybridized carbons (Fsp3) is 0.714. The van der Waals surface area contributed by atoms with Crippen LogP contribution in [0.25, 0.3) is 0 Å². The highest BCUT2D eigenvalue weighted by atomic mass is 32.1. The van der Waals surface area contributed by atoms with Gasteiger partial charge >= 0.3 is 6.03 Å². The molecule has 2 unspecified atom stereocenters. The maximum absolute atomic E-state index is 12.0. The van der Waals surface area contributed by atoms with Crippen LogP contribution in [0.3, 0.4) is 0 Å². The summed E-state index contributed by atoms with van der Waals surface area (Å²) in [7, 11) is 0. The lowest BCUT2D eigenvalue weighted by molar-refractivity contribution is 0.229. The summed E-state index contributed by atoms with van der Waals surface area (Å²) in [5.74, 6) is 0.527. The van der Waals surface area contributed by atoms with Gasteiger partial charge in [0.25, 0.3) is 0 Å². The van der Waals surface area contributed by atoms with Crippen LogP contribution in [0, 0.1) is 12.8 Å². The molecule has 1 aliphatic rings. The number of aryl methyl sites for hydroxylation is 1. The van der Waals surface area contributed by atoms with Gasteiger partial charge in [-0.1, -0.05) is 0 Å². The summed E-state index contributed by atoms with van der Waals surface area (Å²) in [6.45, 7) is 4.09. The van der Waals surface area contributed by atoms with Crippen LogP contribution >= 0.6 is 11.3 Å². The number of nitrogens with one attached hydrogen (secondary N) is 2. The number of nitrogens with zero attached hydrogens (tertiary/aromatic N) is 1. The van der Waals surface area contributed by atoms with Gasteiger partial charge in [-0.25, -0.2) is 9.78 Å². The van der Waals surface area contributed by atoms with Crippen LogP contribution in [0.1, 0.15) is 49.4 Å². The number of rotatable bonds is 7. The van der Waals surface area contributed by atoms with E-state index in [0.29, 0.717) is 12.3 Å². The van der Waals surface area contributed by atoms with Gasteiger partial charge in [0.15, 0.2) is 0 Å². The van der Waals surface area contributed by atoms with E-state index in [2.05, 4.69) is 15.6 Å². The Morgan fingerprint density at radius 3 is 2.85 bits per heavy atom. The molecule has 5 nitrogen and oxygen atoms in total. The second kappa shape index (κ2) is 7.04. The Balaban J connectivity index is 1.87. The first kappa shape index (κ1) is 15.3. The van der Waals surface area contributed by atoms with E-state index in [1.54, 1.807) is 11.3 Å². The van der Waals surface area contributed by atoms with Crippen molar-refractivity contribution in [3.8, 4) is 0 Å². The number of urea groups is 1. The molecule has 0 aromatic carbocycles. The Hall–Kier alpha value is -1.14. The third kappa shape index (κ3) is 4.45. The van der Waals surface area contributed by atoms with Gasteiger partial charge in [0.1, 0.15) is 5.01 Å². The molecule has 2 rings (SSSR count). The summed E-state index contributed by atoms with van der Waals surface area (Å²) < 4.78 is 0. The highest BCUT2D eigenvalue weighted by Crippen LogP contribution is 2.41. The third-order valence-corrected chi connectivity index (χ3v) is 4.50. The fourth-order valence-electron chi connectivity index (χ4n) is 2.20. The van der Waals surface area contributed by atoms with Crippen molar-refractivity contribution in [2.24, 2.45) is 5.92 Å². The first-order valence-corrected chi connectivity index (χ1v) is 8.08. The Morgan fingerprint density at radius 2 is 2.30 bits per heavy atom. The lowest BCUT2D eigenvalue weighted by atomic mass is 10.2. The molecule has 1 fully saturated rings. The minimum absolute atomic E-state index is 0.0405. The standard InChI is InChI=1S/C14H23N3O2S/c1-9(4-3-7-18)16-14(19)17-12(11-5-6-11)13-15-10(2)8-20-13/h8-9,11-12,18H,3-7H2,1-2H3,(H2,16,17,19). The van der Waals surface area contributed by atoms with Crippen LogP contribution in [0.5, 0.6) is 0 Å². The van der Waals surface area contributed by atoms with Crippen LogP contribution in [-0.2, 0) is 0 Å². The number of hydrogen-bond acceptors (Lipinski definition) is 4. The molecule has 1 saturated carbocycles. The van der Waals surface area contributed by atoms with Crippen molar-refractivity contribution >= 4 is 17.4 Å². The number of hydrogen-bond donors (Lipinski definition) is 3. The summed E-state index contributed by atoms with van der Waals surface area (Å²) in [5, 5.41) is 17.8. The van der Waals surface area contributed by atoms with Crippen molar-refractivity contribution in [2.45, 2.75) is 51.6 Å². The number of thiazole rings is 1. The average Bonchev–Trinajstić information content (AvgIpc) is 3.15. The molecule has 0 saturated heterocycles. The molecule has 0 spiro atoms. The maximum Gasteiger partial charge on any atom is 0.315 e. The third-order valence-electron chi connectivity index (χ3n) is 3.46. The van der Waals surface area contributed by atoms with Crippen molar-refractivity contribution in [1.82, 2.24) is 15.6 Å². The molecular weight excluding hydrogens is 274 g/mol. The summed E-state index contributed by atoms with van der Waals surface area (Å²) in [6.07, 6.45) is 3.81. The molecular formula is C14H23N3O2S. The normalized spacial score (nSPS) is 17.6. The highest BCUT2D eigenvalue weighted by Gasteiger charge is 2.35. The van der Waals surface area contributed by atoms with E-state index < -0.39 is 0 Å². The van der Waals surface area contributed by atoms with Crippen LogP contribution in [0.4, 0.5) is 4.79 Å². The van der Waals surface area contributed by atoms with Gasteiger partial charge in [0, 0.05) is 23.7 Å². The molecule has 112 valence electrons. The molecule has 1 aromatic heterocycles. The van der Waals surface area contributed by atoms with E-state index in [4.69, 9.17) is 5.11 Å². The molecule has 0 aliphatic heterocycles. The average molecular weight is 297 g/mol. The second-order valence-electron chi connectivity index (χ2n) is 5.53. The number of aromatic nitrogens is 1. The summed E-state index contributed by atoms with van der Waals surface area (Å²) in [4.78, 5) is 16.5. The fourth-order valence-corrected chi connectivity index (χ4v) is 3.14. The summed E-state index contributed by atoms with van der Waals surface area (Å²) in [5.41, 5.74) is 1.01. The number of amides is 2. The Bertz CT molecular complexity index is 445. The first-order valence-electron chi connectivity index (χ1n) is 7.20. The van der Waals surface area contributed by atoms with E-state index in [9.17, 15) is 4.79 Å². The minimum Gasteiger partial charge on any atom is -0.396 e. The molecule has 1 heterocycles. The second-order valence-corrected chi connectivity index (χ2v) is 6.42. The van der Waals surface area contributed by atoms with Crippen LogP contribution < -0.4 is 10.6 Å². The van der Waals surface area contributed by atoms with Gasteiger partial charge in [0.2, 0.25) is 0 Å². The van der Waals surface area contributed by atoms with E-state index in [1.807, 2.05) is 19.2 Å². The van der Waals surface area contributed by atoms with E-state index >= 15 is 0 Å². The monoisotopic (exact) mass is 297 g/mol. The predicted octanol–water partition coefficient (Wildman–Crippen LogP) is 2.36. The molecule has 2 amide bonds. The van der Waals surface area contributed by atoms with Crippen molar-refractivity contribution in [2.75, 3.05) is 6.61 Å². The number of aliphatic hydroxyl groups excluding tert-OH is 1. The quantitative estimate of drug-likeness (QED) is 0.723. The molecule has 2 atom stereocenters. The van der Waals surface area contributed by atoms with Gasteiger partial charge in [0.05, 0.1) is 6.04 Å². The van der Waals surface area contributed by atoms with E-state index in [1.165, 1.54) is 0 Å². The van der Waals surface area contributed by atoms with E-state index in [-0.39, 0.29) is 24.7 Å². The predicted molar refractivity (Wildman–Crippen MR) is 79.8 cm³/mol. The molecule has 0 radical (unpaired) electrons. The minimum atomic E-state index is -0.139. The van der Waals surface area contributed by atoms with Gasteiger partial charge in [-0.3, -0.25) is 0 Å². The summed E-state index contributed by atoms with van der Waals surface area (Å²) in [6, 6.07) is -0.0287. The van der Waals surface area contributed by atoms with Gasteiger partial charge in [-0.05, 0) is 45.4 Å². The molecule has 20 heavy (non-hydrogen) atoms. The van der Waals surface area contributed by atoms with Crippen LogP contribution in [0.15, 0.2) is 5.38 Å². The van der Waals surface area contributed by atoms with Crippen molar-refractivity contribution in [1.29, 1.82) is 0 Å². The molecule has 3 N–H and O–H groups in total. The lowest BCUT2D eigenvalue weighted by Crippen LogP contribution is -2.43. The molecule has 1 aliphatic carbocycles. The van der Waals surface area contributed by atoms with Crippen molar-refractivity contribution < 1.29 is 9.90 Å². The Kier molecular flexibility index (Phi) is 5.37. The van der Waals surface area contributed by atoms with Crippen molar-refractivity contribution in [3.63, 3.8) is 0 Å². The number of aliphatic hydroxyl groups is 1. The van der Waals surface area contributed by atoms with Crippen LogP contribution in [-0.4, -0.2) is 28.8 Å². The zero-order valence-corrected chi connectivity index (χ0v) is 12.9. The van der Waals surface area contributed by atoms with Crippen LogP contribution in [0.2, 0.25) is 0 Å². The molecule has 0 bridgehead atoms. The zero-order valence-electron chi connectivity index (χ0n) is 12.1. The Morgan fingerprint density at radius 1 is 1.55 bits per heavy atom. The number of carbonyl (C=O) groups is 1. The zero-order chi connectivity index (χ0) is 14.5. The van der Waals surface area contributed by atoms with E-state index in [0.717, 1.165) is 30.0 Å². The summed E-state index contributed by atoms with van der Waals surface area (Å²) >= 11 is 1.61. The van der Waals surface area contributed by atoms with Gasteiger partial charge in [-0.15, -0.1) is 11.3 Å². The number of carbonyl (C=O) groups excluding carboxylic acids is 1. The Labute approximate surface area is 123 Å². The SMILES string of the molecule is Cc1csc(C(NC(=O)NC(C)CCCO)C2CC2)n1. The smallest absolute Gasteiger partial charge is 0.315 e. The molecule has 6 heteroatoms. The lowest BCUT2D eigenvalue weighted by Gasteiger charge is -2.19. The topological polar surface area (TPSA) is 74.2 Å².